The SMILES string of the molecule is C.CCOC(=O)C1CC[C@@H]2CCC[C@H]12. The fraction of sp³-hybridized carbons (Fsp3) is 0.917. The highest BCUT2D eigenvalue weighted by molar-refractivity contribution is 5.73. The van der Waals surface area contributed by atoms with Gasteiger partial charge in [-0.05, 0) is 38.0 Å². The number of esters is 1. The molecule has 0 bridgehead atoms. The number of carbonyl (C=O) groups excluding carboxylic acids is 1. The van der Waals surface area contributed by atoms with Gasteiger partial charge < -0.3 is 4.74 Å². The Hall–Kier alpha value is -0.530. The van der Waals surface area contributed by atoms with E-state index in [9.17, 15) is 4.79 Å². The molecular formula is C12H22O2. The van der Waals surface area contributed by atoms with E-state index in [0.717, 1.165) is 12.3 Å². The Bertz CT molecular complexity index is 200. The van der Waals surface area contributed by atoms with Crippen LogP contribution in [0.2, 0.25) is 0 Å². The molecule has 0 aromatic rings. The number of carbonyl (C=O) groups is 1. The van der Waals surface area contributed by atoms with Crippen LogP contribution in [-0.2, 0) is 9.53 Å². The average Bonchev–Trinajstić information content (AvgIpc) is 2.62. The van der Waals surface area contributed by atoms with Crippen molar-refractivity contribution in [2.75, 3.05) is 6.61 Å². The van der Waals surface area contributed by atoms with Crippen LogP contribution in [0.15, 0.2) is 0 Å². The van der Waals surface area contributed by atoms with Gasteiger partial charge in [0.2, 0.25) is 0 Å². The van der Waals surface area contributed by atoms with E-state index in [0.29, 0.717) is 12.5 Å². The standard InChI is InChI=1S/C11H18O2.CH4/c1-2-13-11(12)10-7-6-8-4-3-5-9(8)10;/h8-10H,2-7H2,1H3;1H4/t8-,9-,10?;/m0./s1. The Labute approximate surface area is 87.0 Å². The second kappa shape index (κ2) is 4.81. The monoisotopic (exact) mass is 198 g/mol. The molecule has 2 fully saturated rings. The minimum atomic E-state index is 0. The molecule has 0 N–H and O–H groups in total. The summed E-state index contributed by atoms with van der Waals surface area (Å²) in [6.07, 6.45) is 6.27. The summed E-state index contributed by atoms with van der Waals surface area (Å²) in [6, 6.07) is 0. The fourth-order valence-electron chi connectivity index (χ4n) is 3.10. The van der Waals surface area contributed by atoms with Gasteiger partial charge in [0.05, 0.1) is 12.5 Å². The van der Waals surface area contributed by atoms with Crippen LogP contribution >= 0.6 is 0 Å². The van der Waals surface area contributed by atoms with Crippen LogP contribution in [0.3, 0.4) is 0 Å². The van der Waals surface area contributed by atoms with E-state index < -0.39 is 0 Å². The first-order valence-corrected chi connectivity index (χ1v) is 5.49. The quantitative estimate of drug-likeness (QED) is 0.637. The molecule has 2 heteroatoms. The molecule has 2 aliphatic rings. The molecule has 0 heterocycles. The average molecular weight is 198 g/mol. The molecule has 2 rings (SSSR count). The first-order chi connectivity index (χ1) is 6.33. The number of hydrogen-bond acceptors (Lipinski definition) is 2. The summed E-state index contributed by atoms with van der Waals surface area (Å²) in [7, 11) is 0. The van der Waals surface area contributed by atoms with Gasteiger partial charge in [0.1, 0.15) is 0 Å². The maximum atomic E-state index is 11.6. The number of ether oxygens (including phenoxy) is 1. The van der Waals surface area contributed by atoms with Crippen molar-refractivity contribution in [1.82, 2.24) is 0 Å². The zero-order chi connectivity index (χ0) is 9.26. The maximum Gasteiger partial charge on any atom is 0.309 e. The molecule has 0 aromatic heterocycles. The van der Waals surface area contributed by atoms with Crippen LogP contribution < -0.4 is 0 Å². The van der Waals surface area contributed by atoms with Gasteiger partial charge >= 0.3 is 5.97 Å². The minimum Gasteiger partial charge on any atom is -0.466 e. The number of rotatable bonds is 2. The molecule has 0 radical (unpaired) electrons. The van der Waals surface area contributed by atoms with E-state index in [1.54, 1.807) is 0 Å². The largest absolute Gasteiger partial charge is 0.466 e. The summed E-state index contributed by atoms with van der Waals surface area (Å²) in [6.45, 7) is 2.42. The molecule has 1 unspecified atom stereocenters. The summed E-state index contributed by atoms with van der Waals surface area (Å²) < 4.78 is 5.10. The highest BCUT2D eigenvalue weighted by Gasteiger charge is 2.43. The predicted octanol–water partition coefficient (Wildman–Crippen LogP) is 3.01. The highest BCUT2D eigenvalue weighted by atomic mass is 16.5. The summed E-state index contributed by atoms with van der Waals surface area (Å²) in [5, 5.41) is 0. The lowest BCUT2D eigenvalue weighted by Crippen LogP contribution is -2.21. The zero-order valence-corrected chi connectivity index (χ0v) is 8.29. The van der Waals surface area contributed by atoms with Gasteiger partial charge in [-0.15, -0.1) is 0 Å². The molecule has 0 aromatic carbocycles. The van der Waals surface area contributed by atoms with Crippen molar-refractivity contribution in [2.24, 2.45) is 17.8 Å². The molecule has 0 saturated heterocycles. The topological polar surface area (TPSA) is 26.3 Å². The van der Waals surface area contributed by atoms with Crippen molar-refractivity contribution in [2.45, 2.75) is 46.5 Å². The Kier molecular flexibility index (Phi) is 3.97. The summed E-state index contributed by atoms with van der Waals surface area (Å²) in [5.74, 6) is 1.82. The lowest BCUT2D eigenvalue weighted by atomic mass is 9.92. The second-order valence-corrected chi connectivity index (χ2v) is 4.29. The molecule has 0 spiro atoms. The van der Waals surface area contributed by atoms with Crippen molar-refractivity contribution in [3.63, 3.8) is 0 Å². The highest BCUT2D eigenvalue weighted by Crippen LogP contribution is 2.47. The van der Waals surface area contributed by atoms with Crippen LogP contribution in [0, 0.1) is 17.8 Å². The maximum absolute atomic E-state index is 11.6. The van der Waals surface area contributed by atoms with Crippen LogP contribution in [0.25, 0.3) is 0 Å². The van der Waals surface area contributed by atoms with Gasteiger partial charge in [0, 0.05) is 0 Å². The number of fused-ring (bicyclic) bond motifs is 1. The molecule has 0 aliphatic heterocycles. The van der Waals surface area contributed by atoms with Gasteiger partial charge in [0.15, 0.2) is 0 Å². The molecule has 2 nitrogen and oxygen atoms in total. The van der Waals surface area contributed by atoms with Crippen LogP contribution in [0.1, 0.15) is 46.5 Å². The third-order valence-corrected chi connectivity index (χ3v) is 3.67. The normalized spacial score (nSPS) is 34.8. The smallest absolute Gasteiger partial charge is 0.309 e. The first-order valence-electron chi connectivity index (χ1n) is 5.49. The van der Waals surface area contributed by atoms with E-state index in [-0.39, 0.29) is 19.3 Å². The lowest BCUT2D eigenvalue weighted by molar-refractivity contribution is -0.149. The number of hydrogen-bond donors (Lipinski definition) is 0. The van der Waals surface area contributed by atoms with Crippen molar-refractivity contribution in [3.05, 3.63) is 0 Å². The van der Waals surface area contributed by atoms with E-state index in [1.807, 2.05) is 6.92 Å². The molecule has 3 atom stereocenters. The van der Waals surface area contributed by atoms with Gasteiger partial charge in [-0.2, -0.15) is 0 Å². The zero-order valence-electron chi connectivity index (χ0n) is 8.29. The van der Waals surface area contributed by atoms with Crippen LogP contribution in [-0.4, -0.2) is 12.6 Å². The van der Waals surface area contributed by atoms with E-state index in [4.69, 9.17) is 4.74 Å². The van der Waals surface area contributed by atoms with Gasteiger partial charge in [-0.1, -0.05) is 20.3 Å². The van der Waals surface area contributed by atoms with Crippen molar-refractivity contribution in [3.8, 4) is 0 Å². The van der Waals surface area contributed by atoms with E-state index >= 15 is 0 Å². The van der Waals surface area contributed by atoms with Crippen LogP contribution in [0.4, 0.5) is 0 Å². The van der Waals surface area contributed by atoms with E-state index in [1.165, 1.54) is 25.7 Å². The fourth-order valence-corrected chi connectivity index (χ4v) is 3.10. The van der Waals surface area contributed by atoms with Gasteiger partial charge in [-0.3, -0.25) is 4.79 Å². The lowest BCUT2D eigenvalue weighted by Gasteiger charge is -2.16. The summed E-state index contributed by atoms with van der Waals surface area (Å²) in [5.41, 5.74) is 0. The van der Waals surface area contributed by atoms with Crippen molar-refractivity contribution >= 4 is 5.97 Å². The predicted molar refractivity (Wildman–Crippen MR) is 56.9 cm³/mol. The molecule has 0 amide bonds. The van der Waals surface area contributed by atoms with Crippen molar-refractivity contribution in [1.29, 1.82) is 0 Å². The molecule has 82 valence electrons. The van der Waals surface area contributed by atoms with Gasteiger partial charge in [-0.25, -0.2) is 0 Å². The van der Waals surface area contributed by atoms with Crippen molar-refractivity contribution < 1.29 is 9.53 Å². The third-order valence-electron chi connectivity index (χ3n) is 3.67. The van der Waals surface area contributed by atoms with Gasteiger partial charge in [0.25, 0.3) is 0 Å². The van der Waals surface area contributed by atoms with Crippen LogP contribution in [0.5, 0.6) is 0 Å². The Morgan fingerprint density at radius 2 is 2.07 bits per heavy atom. The molecule has 2 aliphatic carbocycles. The summed E-state index contributed by atoms with van der Waals surface area (Å²) in [4.78, 5) is 11.6. The molecule has 2 saturated carbocycles. The Balaban J connectivity index is 0.000000980. The second-order valence-electron chi connectivity index (χ2n) is 4.29. The van der Waals surface area contributed by atoms with E-state index in [2.05, 4.69) is 0 Å². The molecular weight excluding hydrogens is 176 g/mol. The minimum absolute atomic E-state index is 0. The Morgan fingerprint density at radius 1 is 1.29 bits per heavy atom. The Morgan fingerprint density at radius 3 is 2.79 bits per heavy atom. The third kappa shape index (κ3) is 1.94. The first kappa shape index (κ1) is 11.5. The summed E-state index contributed by atoms with van der Waals surface area (Å²) >= 11 is 0. The molecule has 14 heavy (non-hydrogen) atoms.